The van der Waals surface area contributed by atoms with Gasteiger partial charge in [-0.3, -0.25) is 14.6 Å². The van der Waals surface area contributed by atoms with Gasteiger partial charge in [-0.05, 0) is 29.2 Å². The maximum absolute atomic E-state index is 15.9. The zero-order valence-corrected chi connectivity index (χ0v) is 29.9. The van der Waals surface area contributed by atoms with E-state index in [0.29, 0.717) is 38.2 Å². The standard InChI is InChI=1S/C37H46F2N8O5/c1-34(2,3)31(48)22-45-33(49)46(35(15-9-6-10-16-35)43-19-17-40-18-20-43)37(47(45)50-4,27-11-7-5-8-12-27)32-23-51-36(52-32,24-44-26-41-25-42-44)29-14-13-28(38)21-30(29)39/h5-15,21,25-26,31-32,40,48H,16-20,22-24H2,1-4H3. The Bertz CT molecular complexity index is 1790. The summed E-state index contributed by atoms with van der Waals surface area (Å²) in [6.45, 7) is 7.96. The first-order valence-electron chi connectivity index (χ1n) is 17.6. The van der Waals surface area contributed by atoms with Crippen molar-refractivity contribution in [1.82, 2.24) is 40.1 Å². The van der Waals surface area contributed by atoms with E-state index in [-0.39, 0.29) is 25.3 Å². The monoisotopic (exact) mass is 720 g/mol. The number of nitrogens with zero attached hydrogens (tertiary/aromatic N) is 7. The quantitative estimate of drug-likeness (QED) is 0.321. The number of hydrazine groups is 1. The number of aliphatic hydroxyl groups excluding tert-OH is 1. The number of halogens is 2. The van der Waals surface area contributed by atoms with E-state index in [0.717, 1.165) is 12.1 Å². The van der Waals surface area contributed by atoms with Gasteiger partial charge in [-0.2, -0.15) is 5.10 Å². The molecule has 2 amide bonds. The SMILES string of the molecule is CON1N(CC(O)C(C)(C)C)C(=O)N(C2(N3CCNCC3)C=CC=CC2)C1(c1ccccc1)C1COC(Cn2cncn2)(c2ccc(F)cc2F)O1. The molecule has 5 atom stereocenters. The highest BCUT2D eigenvalue weighted by molar-refractivity contribution is 5.79. The average Bonchev–Trinajstić information content (AvgIpc) is 3.87. The normalized spacial score (nSPS) is 29.4. The van der Waals surface area contributed by atoms with Crippen LogP contribution in [-0.4, -0.2) is 110 Å². The number of hydrogen-bond donors (Lipinski definition) is 2. The van der Waals surface area contributed by atoms with E-state index >= 15 is 9.18 Å². The van der Waals surface area contributed by atoms with Crippen molar-refractivity contribution in [2.45, 2.75) is 63.1 Å². The van der Waals surface area contributed by atoms with Crippen molar-refractivity contribution in [2.75, 3.05) is 46.4 Å². The van der Waals surface area contributed by atoms with E-state index in [9.17, 15) is 9.50 Å². The average molecular weight is 721 g/mol. The molecule has 3 aliphatic heterocycles. The Labute approximate surface area is 302 Å². The van der Waals surface area contributed by atoms with E-state index in [4.69, 9.17) is 14.3 Å². The lowest BCUT2D eigenvalue weighted by molar-refractivity contribution is -0.341. The fraction of sp³-hybridized carbons (Fsp3) is 0.486. The number of aromatic nitrogens is 3. The molecule has 15 heteroatoms. The van der Waals surface area contributed by atoms with Crippen molar-refractivity contribution in [1.29, 1.82) is 0 Å². The van der Waals surface area contributed by atoms with Gasteiger partial charge in [-0.1, -0.05) is 74.5 Å². The Kier molecular flexibility index (Phi) is 9.80. The minimum atomic E-state index is -1.84. The van der Waals surface area contributed by atoms with Crippen molar-refractivity contribution in [3.8, 4) is 0 Å². The summed E-state index contributed by atoms with van der Waals surface area (Å²) in [5.41, 5.74) is -2.69. The van der Waals surface area contributed by atoms with Crippen LogP contribution in [-0.2, 0) is 32.3 Å². The zero-order valence-electron chi connectivity index (χ0n) is 29.9. The molecule has 0 saturated carbocycles. The molecule has 4 aliphatic rings. The Hall–Kier alpha value is -4.09. The number of hydrogen-bond acceptors (Lipinski definition) is 10. The van der Waals surface area contributed by atoms with Crippen molar-refractivity contribution < 1.29 is 33.0 Å². The van der Waals surface area contributed by atoms with Crippen LogP contribution >= 0.6 is 0 Å². The number of carbonyl (C=O) groups is 1. The molecule has 13 nitrogen and oxygen atoms in total. The first kappa shape index (κ1) is 36.3. The smallest absolute Gasteiger partial charge is 0.340 e. The summed E-state index contributed by atoms with van der Waals surface area (Å²) in [6, 6.07) is 12.2. The minimum absolute atomic E-state index is 0.0488. The maximum atomic E-state index is 15.9. The van der Waals surface area contributed by atoms with Crippen LogP contribution in [0.5, 0.6) is 0 Å². The van der Waals surface area contributed by atoms with Crippen LogP contribution in [0, 0.1) is 17.0 Å². The summed E-state index contributed by atoms with van der Waals surface area (Å²) in [4.78, 5) is 29.9. The molecule has 3 saturated heterocycles. The molecule has 7 rings (SSSR count). The molecular formula is C37H46F2N8O5. The molecule has 3 fully saturated rings. The summed E-state index contributed by atoms with van der Waals surface area (Å²) in [5, 5.41) is 22.1. The Morgan fingerprint density at radius 3 is 2.52 bits per heavy atom. The Morgan fingerprint density at radius 1 is 1.12 bits per heavy atom. The number of allylic oxidation sites excluding steroid dienone is 2. The van der Waals surface area contributed by atoms with Crippen molar-refractivity contribution in [2.24, 2.45) is 5.41 Å². The number of β-amino-alcohol motifs (C(OH)–C–C–N with tert-alkyl or cyclic N) is 1. The molecule has 3 aromatic rings. The number of piperazine rings is 1. The summed E-state index contributed by atoms with van der Waals surface area (Å²) in [5.74, 6) is -3.46. The predicted molar refractivity (Wildman–Crippen MR) is 185 cm³/mol. The number of hydroxylamine groups is 1. The van der Waals surface area contributed by atoms with Gasteiger partial charge in [-0.15, -0.1) is 0 Å². The molecule has 0 spiro atoms. The maximum Gasteiger partial charge on any atom is 0.340 e. The predicted octanol–water partition coefficient (Wildman–Crippen LogP) is 3.72. The summed E-state index contributed by atoms with van der Waals surface area (Å²) >= 11 is 0. The lowest BCUT2D eigenvalue weighted by Crippen LogP contribution is -2.72. The number of benzene rings is 2. The fourth-order valence-electron chi connectivity index (χ4n) is 7.81. The molecule has 1 aromatic heterocycles. The summed E-state index contributed by atoms with van der Waals surface area (Å²) in [6.07, 6.45) is 9.16. The molecule has 0 bridgehead atoms. The van der Waals surface area contributed by atoms with E-state index in [2.05, 4.69) is 20.3 Å². The molecule has 0 radical (unpaired) electrons. The number of aliphatic hydroxyl groups is 1. The first-order valence-corrected chi connectivity index (χ1v) is 17.6. The molecule has 278 valence electrons. The largest absolute Gasteiger partial charge is 0.391 e. The third-order valence-electron chi connectivity index (χ3n) is 10.5. The molecule has 2 aromatic carbocycles. The molecule has 52 heavy (non-hydrogen) atoms. The van der Waals surface area contributed by atoms with Gasteiger partial charge >= 0.3 is 6.03 Å². The number of rotatable bonds is 10. The molecule has 5 unspecified atom stereocenters. The second-order valence-corrected chi connectivity index (χ2v) is 14.6. The van der Waals surface area contributed by atoms with Crippen molar-refractivity contribution in [3.05, 3.63) is 108 Å². The number of amides is 2. The lowest BCUT2D eigenvalue weighted by atomic mass is 9.86. The lowest BCUT2D eigenvalue weighted by Gasteiger charge is -2.56. The highest BCUT2D eigenvalue weighted by Gasteiger charge is 2.71. The van der Waals surface area contributed by atoms with Crippen LogP contribution in [0.3, 0.4) is 0 Å². The van der Waals surface area contributed by atoms with Crippen LogP contribution in [0.1, 0.15) is 38.3 Å². The second kappa shape index (κ2) is 14.0. The molecule has 2 N–H and O–H groups in total. The van der Waals surface area contributed by atoms with Crippen LogP contribution < -0.4 is 5.32 Å². The van der Waals surface area contributed by atoms with Gasteiger partial charge in [-0.25, -0.2) is 28.3 Å². The number of nitrogens with one attached hydrogen (secondary N) is 1. The third-order valence-corrected chi connectivity index (χ3v) is 10.5. The minimum Gasteiger partial charge on any atom is -0.391 e. The zero-order chi connectivity index (χ0) is 36.7. The van der Waals surface area contributed by atoms with Crippen molar-refractivity contribution >= 4 is 6.03 Å². The van der Waals surface area contributed by atoms with Crippen LogP contribution in [0.25, 0.3) is 0 Å². The van der Waals surface area contributed by atoms with Gasteiger partial charge in [0.25, 0.3) is 0 Å². The van der Waals surface area contributed by atoms with E-state index in [1.165, 1.54) is 40.7 Å². The van der Waals surface area contributed by atoms with Gasteiger partial charge in [0.1, 0.15) is 42.6 Å². The first-order chi connectivity index (χ1) is 25.0. The van der Waals surface area contributed by atoms with Gasteiger partial charge < -0.3 is 19.9 Å². The van der Waals surface area contributed by atoms with E-state index in [1.807, 2.05) is 75.4 Å². The van der Waals surface area contributed by atoms with Gasteiger partial charge in [0, 0.05) is 44.2 Å². The third kappa shape index (κ3) is 6.03. The second-order valence-electron chi connectivity index (χ2n) is 14.6. The number of urea groups is 1. The summed E-state index contributed by atoms with van der Waals surface area (Å²) < 4.78 is 45.3. The summed E-state index contributed by atoms with van der Waals surface area (Å²) in [7, 11) is 1.47. The van der Waals surface area contributed by atoms with Crippen LogP contribution in [0.4, 0.5) is 13.6 Å². The fourth-order valence-corrected chi connectivity index (χ4v) is 7.81. The number of ether oxygens (including phenoxy) is 2. The number of carbonyl (C=O) groups excluding carboxylic acids is 1. The highest BCUT2D eigenvalue weighted by atomic mass is 19.1. The topological polar surface area (TPSA) is 121 Å². The van der Waals surface area contributed by atoms with Crippen LogP contribution in [0.2, 0.25) is 0 Å². The molecular weight excluding hydrogens is 674 g/mol. The van der Waals surface area contributed by atoms with Gasteiger partial charge in [0.05, 0.1) is 26.4 Å². The Morgan fingerprint density at radius 2 is 1.88 bits per heavy atom. The Balaban J connectivity index is 1.47. The van der Waals surface area contributed by atoms with Gasteiger partial charge in [0.15, 0.2) is 5.66 Å². The van der Waals surface area contributed by atoms with Crippen LogP contribution in [0.15, 0.2) is 85.5 Å². The van der Waals surface area contributed by atoms with E-state index in [1.54, 1.807) is 4.90 Å². The van der Waals surface area contributed by atoms with Gasteiger partial charge in [0.2, 0.25) is 5.79 Å². The molecule has 4 heterocycles. The molecule has 1 aliphatic carbocycles. The van der Waals surface area contributed by atoms with Crippen molar-refractivity contribution in [3.63, 3.8) is 0 Å². The van der Waals surface area contributed by atoms with E-state index < -0.39 is 52.4 Å². The highest BCUT2D eigenvalue weighted by Crippen LogP contribution is 2.54.